The van der Waals surface area contributed by atoms with Crippen LogP contribution in [0, 0.1) is 12.8 Å². The quantitative estimate of drug-likeness (QED) is 0.458. The largest absolute Gasteiger partial charge is 0.396 e. The van der Waals surface area contributed by atoms with Gasteiger partial charge in [-0.3, -0.25) is 9.59 Å². The Bertz CT molecular complexity index is 988. The summed E-state index contributed by atoms with van der Waals surface area (Å²) in [7, 11) is 0. The molecule has 0 fully saturated rings. The van der Waals surface area contributed by atoms with Crippen molar-refractivity contribution in [2.24, 2.45) is 5.92 Å². The highest BCUT2D eigenvalue weighted by Gasteiger charge is 2.20. The summed E-state index contributed by atoms with van der Waals surface area (Å²) in [5.41, 5.74) is 3.62. The number of carbonyl (C=O) groups excluding carboxylic acids is 2. The van der Waals surface area contributed by atoms with Gasteiger partial charge in [-0.15, -0.1) is 0 Å². The van der Waals surface area contributed by atoms with Crippen LogP contribution in [0.15, 0.2) is 84.9 Å². The van der Waals surface area contributed by atoms with Crippen molar-refractivity contribution in [3.8, 4) is 0 Å². The monoisotopic (exact) mass is 430 g/mol. The number of aliphatic hydroxyl groups excluding tert-OH is 1. The van der Waals surface area contributed by atoms with Gasteiger partial charge in [-0.1, -0.05) is 78.4 Å². The molecule has 0 heterocycles. The molecule has 3 aromatic carbocycles. The lowest BCUT2D eigenvalue weighted by Crippen LogP contribution is -2.36. The number of rotatable bonds is 10. The second-order valence-corrected chi connectivity index (χ2v) is 8.05. The summed E-state index contributed by atoms with van der Waals surface area (Å²) in [4.78, 5) is 25.5. The molecule has 0 radical (unpaired) electrons. The van der Waals surface area contributed by atoms with Gasteiger partial charge in [0.25, 0.3) is 5.91 Å². The van der Waals surface area contributed by atoms with Gasteiger partial charge in [0.1, 0.15) is 0 Å². The summed E-state index contributed by atoms with van der Waals surface area (Å²) >= 11 is 0. The molecule has 2 unspecified atom stereocenters. The first-order valence-electron chi connectivity index (χ1n) is 10.9. The van der Waals surface area contributed by atoms with Crippen molar-refractivity contribution >= 4 is 11.8 Å². The van der Waals surface area contributed by atoms with Crippen molar-refractivity contribution in [2.75, 3.05) is 13.2 Å². The lowest BCUT2D eigenvalue weighted by atomic mass is 9.99. The molecule has 0 bridgehead atoms. The van der Waals surface area contributed by atoms with Crippen LogP contribution in [0.3, 0.4) is 0 Å². The highest BCUT2D eigenvalue weighted by Crippen LogP contribution is 2.18. The van der Waals surface area contributed by atoms with E-state index in [0.29, 0.717) is 18.5 Å². The van der Waals surface area contributed by atoms with Crippen LogP contribution in [-0.2, 0) is 11.2 Å². The van der Waals surface area contributed by atoms with Crippen LogP contribution in [-0.4, -0.2) is 30.1 Å². The van der Waals surface area contributed by atoms with Crippen molar-refractivity contribution < 1.29 is 14.7 Å². The molecule has 0 aliphatic heterocycles. The molecule has 5 nitrogen and oxygen atoms in total. The highest BCUT2D eigenvalue weighted by atomic mass is 16.3. The van der Waals surface area contributed by atoms with E-state index in [1.807, 2.05) is 79.7 Å². The molecule has 166 valence electrons. The first kappa shape index (κ1) is 23.2. The van der Waals surface area contributed by atoms with Crippen LogP contribution in [0.25, 0.3) is 0 Å². The SMILES string of the molecule is Cc1ccc(C(=O)NC(CC(=O)NCC(CO)Cc2ccccc2)c2ccccc2)cc1. The van der Waals surface area contributed by atoms with E-state index in [9.17, 15) is 14.7 Å². The van der Waals surface area contributed by atoms with Crippen LogP contribution in [0.5, 0.6) is 0 Å². The Morgan fingerprint density at radius 1 is 0.875 bits per heavy atom. The van der Waals surface area contributed by atoms with Gasteiger partial charge in [-0.2, -0.15) is 0 Å². The minimum absolute atomic E-state index is 0.0125. The van der Waals surface area contributed by atoms with Gasteiger partial charge in [-0.25, -0.2) is 0 Å². The third-order valence-electron chi connectivity index (χ3n) is 5.42. The molecule has 0 saturated heterocycles. The zero-order valence-electron chi connectivity index (χ0n) is 18.3. The maximum Gasteiger partial charge on any atom is 0.251 e. The van der Waals surface area contributed by atoms with E-state index in [1.54, 1.807) is 12.1 Å². The number of amides is 2. The Kier molecular flexibility index (Phi) is 8.58. The Labute approximate surface area is 189 Å². The molecule has 3 N–H and O–H groups in total. The van der Waals surface area contributed by atoms with Crippen LogP contribution in [0.2, 0.25) is 0 Å². The lowest BCUT2D eigenvalue weighted by molar-refractivity contribution is -0.121. The molecule has 0 aromatic heterocycles. The Hall–Kier alpha value is -3.44. The predicted molar refractivity (Wildman–Crippen MR) is 126 cm³/mol. The molecule has 2 atom stereocenters. The van der Waals surface area contributed by atoms with Gasteiger partial charge < -0.3 is 15.7 Å². The Balaban J connectivity index is 1.61. The zero-order valence-corrected chi connectivity index (χ0v) is 18.3. The molecule has 32 heavy (non-hydrogen) atoms. The fourth-order valence-corrected chi connectivity index (χ4v) is 3.55. The van der Waals surface area contributed by atoms with Crippen LogP contribution in [0.4, 0.5) is 0 Å². The fraction of sp³-hybridized carbons (Fsp3) is 0.259. The van der Waals surface area contributed by atoms with E-state index in [0.717, 1.165) is 16.7 Å². The molecule has 0 saturated carbocycles. The van der Waals surface area contributed by atoms with Gasteiger partial charge >= 0.3 is 0 Å². The zero-order chi connectivity index (χ0) is 22.8. The number of benzene rings is 3. The number of hydrogen-bond acceptors (Lipinski definition) is 3. The van der Waals surface area contributed by atoms with Crippen LogP contribution < -0.4 is 10.6 Å². The van der Waals surface area contributed by atoms with Gasteiger partial charge in [0, 0.05) is 24.6 Å². The first-order chi connectivity index (χ1) is 15.5. The second kappa shape index (κ2) is 11.8. The van der Waals surface area contributed by atoms with Gasteiger partial charge in [0.2, 0.25) is 5.91 Å². The van der Waals surface area contributed by atoms with E-state index in [4.69, 9.17) is 0 Å². The summed E-state index contributed by atoms with van der Waals surface area (Å²) in [6, 6.07) is 26.3. The van der Waals surface area contributed by atoms with Crippen molar-refractivity contribution in [3.05, 3.63) is 107 Å². The lowest BCUT2D eigenvalue weighted by Gasteiger charge is -2.20. The second-order valence-electron chi connectivity index (χ2n) is 8.05. The van der Waals surface area contributed by atoms with Crippen LogP contribution in [0.1, 0.15) is 39.5 Å². The van der Waals surface area contributed by atoms with E-state index in [-0.39, 0.29) is 30.8 Å². The molecule has 5 heteroatoms. The van der Waals surface area contributed by atoms with Gasteiger partial charge in [0.15, 0.2) is 0 Å². The average molecular weight is 431 g/mol. The van der Waals surface area contributed by atoms with E-state index in [2.05, 4.69) is 10.6 Å². The normalized spacial score (nSPS) is 12.6. The fourth-order valence-electron chi connectivity index (χ4n) is 3.55. The van der Waals surface area contributed by atoms with E-state index < -0.39 is 6.04 Å². The van der Waals surface area contributed by atoms with Crippen molar-refractivity contribution in [2.45, 2.75) is 25.8 Å². The standard InChI is InChI=1S/C27H30N2O3/c1-20-12-14-24(15-13-20)27(32)29-25(23-10-6-3-7-11-23)17-26(31)28-18-22(19-30)16-21-8-4-2-5-9-21/h2-15,22,25,30H,16-19H2,1H3,(H,28,31)(H,29,32). The average Bonchev–Trinajstić information content (AvgIpc) is 2.83. The van der Waals surface area contributed by atoms with Gasteiger partial charge in [0.05, 0.1) is 12.5 Å². The summed E-state index contributed by atoms with van der Waals surface area (Å²) in [5.74, 6) is -0.461. The summed E-state index contributed by atoms with van der Waals surface area (Å²) in [6.07, 6.45) is 0.801. The maximum absolute atomic E-state index is 12.8. The molecular weight excluding hydrogens is 400 g/mol. The number of nitrogens with one attached hydrogen (secondary N) is 2. The molecule has 3 rings (SSSR count). The number of carbonyl (C=O) groups is 2. The minimum Gasteiger partial charge on any atom is -0.396 e. The topological polar surface area (TPSA) is 78.4 Å². The minimum atomic E-state index is -0.452. The predicted octanol–water partition coefficient (Wildman–Crippen LogP) is 3.82. The molecule has 2 amide bonds. The van der Waals surface area contributed by atoms with E-state index >= 15 is 0 Å². The Morgan fingerprint density at radius 3 is 2.12 bits per heavy atom. The molecule has 3 aromatic rings. The molecular formula is C27H30N2O3. The summed E-state index contributed by atoms with van der Waals surface area (Å²) in [6.45, 7) is 2.33. The van der Waals surface area contributed by atoms with Gasteiger partial charge in [-0.05, 0) is 36.6 Å². The molecule has 0 spiro atoms. The number of aliphatic hydroxyl groups is 1. The first-order valence-corrected chi connectivity index (χ1v) is 10.9. The third kappa shape index (κ3) is 7.06. The van der Waals surface area contributed by atoms with Crippen LogP contribution >= 0.6 is 0 Å². The van der Waals surface area contributed by atoms with Crippen molar-refractivity contribution in [3.63, 3.8) is 0 Å². The number of aryl methyl sites for hydroxylation is 1. The maximum atomic E-state index is 12.8. The van der Waals surface area contributed by atoms with Crippen molar-refractivity contribution in [1.82, 2.24) is 10.6 Å². The summed E-state index contributed by atoms with van der Waals surface area (Å²) in [5, 5.41) is 15.6. The smallest absolute Gasteiger partial charge is 0.251 e. The number of hydrogen-bond donors (Lipinski definition) is 3. The molecule has 0 aliphatic rings. The summed E-state index contributed by atoms with van der Waals surface area (Å²) < 4.78 is 0. The molecule has 0 aliphatic carbocycles. The highest BCUT2D eigenvalue weighted by molar-refractivity contribution is 5.94. The third-order valence-corrected chi connectivity index (χ3v) is 5.42. The Morgan fingerprint density at radius 2 is 1.50 bits per heavy atom. The van der Waals surface area contributed by atoms with Crippen molar-refractivity contribution in [1.29, 1.82) is 0 Å². The van der Waals surface area contributed by atoms with E-state index in [1.165, 1.54) is 0 Å².